The van der Waals surface area contributed by atoms with Crippen LogP contribution in [0.25, 0.3) is 11.2 Å². The Labute approximate surface area is 151 Å². The molecule has 0 fully saturated rings. The van der Waals surface area contributed by atoms with Crippen LogP contribution >= 0.6 is 12.4 Å². The zero-order valence-corrected chi connectivity index (χ0v) is 15.7. The zero-order chi connectivity index (χ0) is 18.1. The first kappa shape index (κ1) is 20.9. The van der Waals surface area contributed by atoms with Gasteiger partial charge in [0.25, 0.3) is 5.56 Å². The van der Waals surface area contributed by atoms with Crippen molar-refractivity contribution in [3.8, 4) is 0 Å². The van der Waals surface area contributed by atoms with Gasteiger partial charge in [-0.3, -0.25) is 14.2 Å². The first-order valence-electron chi connectivity index (χ1n) is 7.92. The molecule has 0 saturated heterocycles. The largest absolute Gasteiger partial charge is 0.348 e. The molecule has 140 valence electrons. The summed E-state index contributed by atoms with van der Waals surface area (Å²) in [5.74, 6) is -0.412. The quantitative estimate of drug-likeness (QED) is 0.708. The molecule has 10 heteroatoms. The van der Waals surface area contributed by atoms with E-state index in [2.05, 4.69) is 10.3 Å². The van der Waals surface area contributed by atoms with Crippen LogP contribution in [0.4, 0.5) is 0 Å². The average molecular weight is 373 g/mol. The Bertz CT molecular complexity index is 869. The molecule has 0 saturated carbocycles. The van der Waals surface area contributed by atoms with Crippen LogP contribution in [0.3, 0.4) is 0 Å². The first-order valence-corrected chi connectivity index (χ1v) is 7.92. The lowest BCUT2D eigenvalue weighted by atomic mass is 9.93. The summed E-state index contributed by atoms with van der Waals surface area (Å²) in [4.78, 5) is 41.4. The fourth-order valence-electron chi connectivity index (χ4n) is 2.78. The molecule has 2 rings (SSSR count). The van der Waals surface area contributed by atoms with Gasteiger partial charge in [-0.25, -0.2) is 14.3 Å². The van der Waals surface area contributed by atoms with Crippen molar-refractivity contribution >= 4 is 29.5 Å². The van der Waals surface area contributed by atoms with Gasteiger partial charge < -0.3 is 15.6 Å². The molecule has 2 heterocycles. The SMILES string of the molecule is CCC(CC)(CN)NC(=O)Cn1c(=O)c2c(ncn2C)n(C)c1=O.Cl. The molecule has 2 aromatic heterocycles. The molecule has 0 aliphatic carbocycles. The standard InChI is InChI=1S/C15H24N6O3.ClH/c1-5-15(6-2,8-16)18-10(22)7-21-13(23)11-12(17-9-19(11)3)20(4)14(21)24;/h9H,5-8,16H2,1-4H3,(H,18,22);1H. The Hall–Kier alpha value is -2.13. The fraction of sp³-hybridized carbons (Fsp3) is 0.600. The number of nitrogens with one attached hydrogen (secondary N) is 1. The second-order valence-electron chi connectivity index (χ2n) is 6.00. The summed E-state index contributed by atoms with van der Waals surface area (Å²) in [5.41, 5.74) is 4.71. The van der Waals surface area contributed by atoms with Crippen molar-refractivity contribution in [2.75, 3.05) is 6.54 Å². The van der Waals surface area contributed by atoms with E-state index in [1.807, 2.05) is 13.8 Å². The molecule has 0 bridgehead atoms. The van der Waals surface area contributed by atoms with Gasteiger partial charge in [0.2, 0.25) is 5.91 Å². The summed E-state index contributed by atoms with van der Waals surface area (Å²) in [5, 5.41) is 2.86. The third-order valence-electron chi connectivity index (χ3n) is 4.65. The lowest BCUT2D eigenvalue weighted by Crippen LogP contribution is -2.55. The van der Waals surface area contributed by atoms with E-state index in [1.165, 1.54) is 22.5 Å². The van der Waals surface area contributed by atoms with E-state index in [-0.39, 0.29) is 24.5 Å². The number of hydrogen-bond donors (Lipinski definition) is 2. The van der Waals surface area contributed by atoms with E-state index >= 15 is 0 Å². The lowest BCUT2D eigenvalue weighted by Gasteiger charge is -2.31. The number of rotatable bonds is 6. The number of hydrogen-bond acceptors (Lipinski definition) is 5. The van der Waals surface area contributed by atoms with Crippen molar-refractivity contribution in [2.45, 2.75) is 38.8 Å². The predicted molar refractivity (Wildman–Crippen MR) is 98.0 cm³/mol. The monoisotopic (exact) mass is 372 g/mol. The molecule has 0 spiro atoms. The third kappa shape index (κ3) is 3.62. The van der Waals surface area contributed by atoms with Crippen LogP contribution in [0.1, 0.15) is 26.7 Å². The second kappa shape index (κ2) is 7.83. The number of aromatic nitrogens is 4. The van der Waals surface area contributed by atoms with Gasteiger partial charge in [-0.05, 0) is 12.8 Å². The number of nitrogens with two attached hydrogens (primary N) is 1. The van der Waals surface area contributed by atoms with Crippen molar-refractivity contribution in [3.05, 3.63) is 27.2 Å². The maximum Gasteiger partial charge on any atom is 0.332 e. The van der Waals surface area contributed by atoms with E-state index in [0.717, 1.165) is 4.57 Å². The number of aryl methyl sites for hydroxylation is 2. The Kier molecular flexibility index (Phi) is 6.55. The molecule has 0 aromatic carbocycles. The molecular formula is C15H25ClN6O3. The highest BCUT2D eigenvalue weighted by molar-refractivity contribution is 5.85. The molecular weight excluding hydrogens is 348 g/mol. The van der Waals surface area contributed by atoms with E-state index in [4.69, 9.17) is 5.73 Å². The van der Waals surface area contributed by atoms with Crippen molar-refractivity contribution in [1.82, 2.24) is 24.0 Å². The van der Waals surface area contributed by atoms with Gasteiger partial charge in [0.1, 0.15) is 6.54 Å². The molecule has 2 aromatic rings. The minimum Gasteiger partial charge on any atom is -0.348 e. The summed E-state index contributed by atoms with van der Waals surface area (Å²) >= 11 is 0. The molecule has 0 aliphatic rings. The number of carbonyl (C=O) groups is 1. The molecule has 1 amide bonds. The van der Waals surface area contributed by atoms with Crippen LogP contribution in [0.15, 0.2) is 15.9 Å². The number of nitrogens with zero attached hydrogens (tertiary/aromatic N) is 4. The second-order valence-corrected chi connectivity index (χ2v) is 6.00. The van der Waals surface area contributed by atoms with Crippen LogP contribution in [-0.4, -0.2) is 36.7 Å². The van der Waals surface area contributed by atoms with Crippen LogP contribution in [0, 0.1) is 0 Å². The molecule has 0 radical (unpaired) electrons. The maximum absolute atomic E-state index is 12.6. The van der Waals surface area contributed by atoms with Crippen LogP contribution in [0.2, 0.25) is 0 Å². The van der Waals surface area contributed by atoms with Crippen LogP contribution in [-0.2, 0) is 25.4 Å². The van der Waals surface area contributed by atoms with Crippen molar-refractivity contribution in [2.24, 2.45) is 19.8 Å². The Morgan fingerprint density at radius 2 is 1.88 bits per heavy atom. The smallest absolute Gasteiger partial charge is 0.332 e. The fourth-order valence-corrected chi connectivity index (χ4v) is 2.78. The van der Waals surface area contributed by atoms with Gasteiger partial charge in [0.05, 0.1) is 11.9 Å². The predicted octanol–water partition coefficient (Wildman–Crippen LogP) is -0.511. The van der Waals surface area contributed by atoms with Gasteiger partial charge in [-0.2, -0.15) is 0 Å². The number of imidazole rings is 1. The van der Waals surface area contributed by atoms with Crippen molar-refractivity contribution < 1.29 is 4.79 Å². The summed E-state index contributed by atoms with van der Waals surface area (Å²) in [7, 11) is 3.19. The van der Waals surface area contributed by atoms with Gasteiger partial charge in [0.15, 0.2) is 11.2 Å². The molecule has 25 heavy (non-hydrogen) atoms. The zero-order valence-electron chi connectivity index (χ0n) is 14.9. The minimum absolute atomic E-state index is 0. The summed E-state index contributed by atoms with van der Waals surface area (Å²) < 4.78 is 3.72. The van der Waals surface area contributed by atoms with Crippen molar-refractivity contribution in [1.29, 1.82) is 0 Å². The van der Waals surface area contributed by atoms with Gasteiger partial charge in [0, 0.05) is 20.6 Å². The summed E-state index contributed by atoms with van der Waals surface area (Å²) in [6.07, 6.45) is 2.79. The summed E-state index contributed by atoms with van der Waals surface area (Å²) in [6.45, 7) is 3.81. The number of halogens is 1. The first-order chi connectivity index (χ1) is 11.3. The van der Waals surface area contributed by atoms with E-state index in [9.17, 15) is 14.4 Å². The van der Waals surface area contributed by atoms with E-state index in [0.29, 0.717) is 25.0 Å². The lowest BCUT2D eigenvalue weighted by molar-refractivity contribution is -0.123. The minimum atomic E-state index is -0.576. The van der Waals surface area contributed by atoms with Gasteiger partial charge >= 0.3 is 5.69 Å². The molecule has 0 aliphatic heterocycles. The highest BCUT2D eigenvalue weighted by Crippen LogP contribution is 2.13. The third-order valence-corrected chi connectivity index (χ3v) is 4.65. The Balaban J connectivity index is 0.00000312. The topological polar surface area (TPSA) is 117 Å². The Morgan fingerprint density at radius 3 is 2.40 bits per heavy atom. The van der Waals surface area contributed by atoms with E-state index in [1.54, 1.807) is 7.05 Å². The van der Waals surface area contributed by atoms with Crippen molar-refractivity contribution in [3.63, 3.8) is 0 Å². The number of fused-ring (bicyclic) bond motifs is 1. The molecule has 0 atom stereocenters. The van der Waals surface area contributed by atoms with Crippen LogP contribution < -0.4 is 22.3 Å². The van der Waals surface area contributed by atoms with E-state index < -0.39 is 22.7 Å². The van der Waals surface area contributed by atoms with Crippen LogP contribution in [0.5, 0.6) is 0 Å². The number of carbonyl (C=O) groups excluding carboxylic acids is 1. The number of amides is 1. The van der Waals surface area contributed by atoms with Gasteiger partial charge in [-0.15, -0.1) is 12.4 Å². The molecule has 0 unspecified atom stereocenters. The maximum atomic E-state index is 12.6. The highest BCUT2D eigenvalue weighted by atomic mass is 35.5. The highest BCUT2D eigenvalue weighted by Gasteiger charge is 2.27. The Morgan fingerprint density at radius 1 is 1.28 bits per heavy atom. The summed E-state index contributed by atoms with van der Waals surface area (Å²) in [6, 6.07) is 0. The molecule has 9 nitrogen and oxygen atoms in total. The molecule has 3 N–H and O–H groups in total. The van der Waals surface area contributed by atoms with Gasteiger partial charge in [-0.1, -0.05) is 13.8 Å². The normalized spacial score (nSPS) is 11.4. The average Bonchev–Trinajstić information content (AvgIpc) is 2.96.